The topological polar surface area (TPSA) is 48.3 Å². The van der Waals surface area contributed by atoms with E-state index in [4.69, 9.17) is 0 Å². The van der Waals surface area contributed by atoms with Crippen molar-refractivity contribution in [2.75, 3.05) is 7.11 Å². The first-order valence-electron chi connectivity index (χ1n) is 6.95. The lowest BCUT2D eigenvalue weighted by Crippen LogP contribution is -2.15. The third-order valence-electron chi connectivity index (χ3n) is 3.44. The summed E-state index contributed by atoms with van der Waals surface area (Å²) in [4.78, 5) is 23.3. The molecule has 2 aromatic rings. The van der Waals surface area contributed by atoms with E-state index < -0.39 is 11.8 Å². The molecule has 0 unspecified atom stereocenters. The van der Waals surface area contributed by atoms with Crippen LogP contribution in [-0.2, 0) is 22.5 Å². The number of ether oxygens (including phenoxy) is 1. The fourth-order valence-corrected chi connectivity index (χ4v) is 2.64. The standard InChI is InChI=1S/C14H13NO3.C2H6/c1-18-14(17)13(16)11-8-15-7-3-5-9-4-2-6-10(11)12(9)15;1-2/h2,4,6,8H,3,5,7H2,1H3;1-2H3. The van der Waals surface area contributed by atoms with Gasteiger partial charge in [0.05, 0.1) is 18.2 Å². The predicted octanol–water partition coefficient (Wildman–Crippen LogP) is 2.97. The zero-order valence-corrected chi connectivity index (χ0v) is 12.1. The minimum absolute atomic E-state index is 0.445. The molecule has 106 valence electrons. The van der Waals surface area contributed by atoms with Gasteiger partial charge in [0, 0.05) is 18.1 Å². The molecule has 20 heavy (non-hydrogen) atoms. The lowest BCUT2D eigenvalue weighted by molar-refractivity contribution is -0.135. The van der Waals surface area contributed by atoms with Crippen molar-refractivity contribution < 1.29 is 14.3 Å². The van der Waals surface area contributed by atoms with Gasteiger partial charge in [0.1, 0.15) is 0 Å². The summed E-state index contributed by atoms with van der Waals surface area (Å²) in [5.41, 5.74) is 2.76. The van der Waals surface area contributed by atoms with Gasteiger partial charge in [0.2, 0.25) is 0 Å². The molecule has 0 amide bonds. The highest BCUT2D eigenvalue weighted by molar-refractivity contribution is 6.43. The fourth-order valence-electron chi connectivity index (χ4n) is 2.64. The van der Waals surface area contributed by atoms with Crippen LogP contribution < -0.4 is 0 Å². The Kier molecular flexibility index (Phi) is 4.23. The van der Waals surface area contributed by atoms with Crippen LogP contribution in [0.2, 0.25) is 0 Å². The molecule has 1 aromatic heterocycles. The van der Waals surface area contributed by atoms with Crippen molar-refractivity contribution in [3.63, 3.8) is 0 Å². The Balaban J connectivity index is 0.000000704. The maximum Gasteiger partial charge on any atom is 0.379 e. The van der Waals surface area contributed by atoms with Gasteiger partial charge in [0.15, 0.2) is 0 Å². The molecule has 3 rings (SSSR count). The monoisotopic (exact) mass is 273 g/mol. The SMILES string of the molecule is CC.COC(=O)C(=O)c1cn2c3c(cccc13)CCC2. The molecule has 1 aliphatic rings. The molecule has 0 fully saturated rings. The zero-order chi connectivity index (χ0) is 14.7. The molecule has 1 aromatic carbocycles. The normalized spacial score (nSPS) is 12.6. The van der Waals surface area contributed by atoms with Crippen LogP contribution in [0.3, 0.4) is 0 Å². The van der Waals surface area contributed by atoms with Crippen LogP contribution in [0.1, 0.15) is 36.2 Å². The van der Waals surface area contributed by atoms with Gasteiger partial charge in [-0.15, -0.1) is 0 Å². The number of hydrogen-bond donors (Lipinski definition) is 0. The van der Waals surface area contributed by atoms with E-state index in [9.17, 15) is 9.59 Å². The number of aryl methyl sites for hydroxylation is 2. The van der Waals surface area contributed by atoms with Crippen molar-refractivity contribution in [1.82, 2.24) is 4.57 Å². The second-order valence-electron chi connectivity index (χ2n) is 4.47. The Bertz CT molecular complexity index is 655. The largest absolute Gasteiger partial charge is 0.463 e. The number of carbonyl (C=O) groups is 2. The molecule has 0 atom stereocenters. The predicted molar refractivity (Wildman–Crippen MR) is 78.0 cm³/mol. The van der Waals surface area contributed by atoms with E-state index in [0.717, 1.165) is 30.3 Å². The van der Waals surface area contributed by atoms with Gasteiger partial charge >= 0.3 is 5.97 Å². The van der Waals surface area contributed by atoms with Crippen molar-refractivity contribution in [3.8, 4) is 0 Å². The van der Waals surface area contributed by atoms with Gasteiger partial charge < -0.3 is 9.30 Å². The minimum Gasteiger partial charge on any atom is -0.463 e. The molecule has 0 radical (unpaired) electrons. The van der Waals surface area contributed by atoms with Gasteiger partial charge in [-0.2, -0.15) is 0 Å². The van der Waals surface area contributed by atoms with Crippen LogP contribution in [0, 0.1) is 0 Å². The number of ketones is 1. The number of para-hydroxylation sites is 1. The molecular weight excluding hydrogens is 254 g/mol. The van der Waals surface area contributed by atoms with E-state index in [1.54, 1.807) is 6.20 Å². The number of methoxy groups -OCH3 is 1. The molecule has 4 nitrogen and oxygen atoms in total. The molecule has 0 N–H and O–H groups in total. The molecule has 1 aliphatic heterocycles. The fraction of sp³-hybridized carbons (Fsp3) is 0.375. The summed E-state index contributed by atoms with van der Waals surface area (Å²) in [7, 11) is 1.23. The van der Waals surface area contributed by atoms with Gasteiger partial charge in [-0.1, -0.05) is 32.0 Å². The molecule has 2 heterocycles. The molecule has 0 saturated carbocycles. The Hall–Kier alpha value is -2.10. The summed E-state index contributed by atoms with van der Waals surface area (Å²) in [6, 6.07) is 5.89. The Morgan fingerprint density at radius 3 is 2.70 bits per heavy atom. The van der Waals surface area contributed by atoms with E-state index in [1.807, 2.05) is 26.0 Å². The van der Waals surface area contributed by atoms with E-state index >= 15 is 0 Å². The number of rotatable bonds is 2. The molecule has 0 saturated heterocycles. The van der Waals surface area contributed by atoms with Crippen LogP contribution in [0.5, 0.6) is 0 Å². The number of aromatic nitrogens is 1. The summed E-state index contributed by atoms with van der Waals surface area (Å²) in [6.07, 6.45) is 3.85. The van der Waals surface area contributed by atoms with E-state index in [2.05, 4.69) is 15.4 Å². The number of carbonyl (C=O) groups excluding carboxylic acids is 2. The van der Waals surface area contributed by atoms with Crippen LogP contribution in [0.25, 0.3) is 10.9 Å². The van der Waals surface area contributed by atoms with Crippen LogP contribution in [-0.4, -0.2) is 23.4 Å². The number of nitrogens with zero attached hydrogens (tertiary/aromatic N) is 1. The van der Waals surface area contributed by atoms with E-state index in [-0.39, 0.29) is 0 Å². The van der Waals surface area contributed by atoms with Gasteiger partial charge in [-0.05, 0) is 18.4 Å². The molecule has 4 heteroatoms. The van der Waals surface area contributed by atoms with Crippen molar-refractivity contribution in [1.29, 1.82) is 0 Å². The highest BCUT2D eigenvalue weighted by Gasteiger charge is 2.24. The number of hydrogen-bond acceptors (Lipinski definition) is 3. The smallest absolute Gasteiger partial charge is 0.379 e. The van der Waals surface area contributed by atoms with Crippen molar-refractivity contribution in [2.24, 2.45) is 0 Å². The van der Waals surface area contributed by atoms with E-state index in [0.29, 0.717) is 5.56 Å². The third kappa shape index (κ3) is 2.22. The Labute approximate surface area is 118 Å². The van der Waals surface area contributed by atoms with Crippen molar-refractivity contribution in [3.05, 3.63) is 35.5 Å². The number of esters is 1. The Morgan fingerprint density at radius 2 is 2.00 bits per heavy atom. The van der Waals surface area contributed by atoms with Crippen LogP contribution in [0.15, 0.2) is 24.4 Å². The summed E-state index contributed by atoms with van der Waals surface area (Å²) in [5.74, 6) is -1.38. The van der Waals surface area contributed by atoms with Gasteiger partial charge in [-0.25, -0.2) is 4.79 Å². The number of Topliss-reactive ketones (excluding diaryl/α,β-unsaturated/α-hetero) is 1. The highest BCUT2D eigenvalue weighted by atomic mass is 16.5. The van der Waals surface area contributed by atoms with E-state index in [1.165, 1.54) is 12.7 Å². The summed E-state index contributed by atoms with van der Waals surface area (Å²) >= 11 is 0. The van der Waals surface area contributed by atoms with Crippen molar-refractivity contribution >= 4 is 22.7 Å². The molecular formula is C16H19NO3. The first kappa shape index (κ1) is 14.3. The summed E-state index contributed by atoms with van der Waals surface area (Å²) in [5, 5.41) is 0.850. The first-order valence-corrected chi connectivity index (χ1v) is 6.95. The Morgan fingerprint density at radius 1 is 1.25 bits per heavy atom. The summed E-state index contributed by atoms with van der Waals surface area (Å²) in [6.45, 7) is 4.89. The van der Waals surface area contributed by atoms with Crippen molar-refractivity contribution in [2.45, 2.75) is 33.2 Å². The second kappa shape index (κ2) is 5.90. The third-order valence-corrected chi connectivity index (χ3v) is 3.44. The number of benzene rings is 1. The lowest BCUT2D eigenvalue weighted by atomic mass is 10.0. The van der Waals surface area contributed by atoms with Gasteiger partial charge in [0.25, 0.3) is 5.78 Å². The van der Waals surface area contributed by atoms with Crippen LogP contribution in [0.4, 0.5) is 0 Å². The average molecular weight is 273 g/mol. The van der Waals surface area contributed by atoms with Gasteiger partial charge in [-0.3, -0.25) is 4.79 Å². The second-order valence-corrected chi connectivity index (χ2v) is 4.47. The quantitative estimate of drug-likeness (QED) is 0.480. The zero-order valence-electron chi connectivity index (χ0n) is 12.1. The average Bonchev–Trinajstić information content (AvgIpc) is 2.89. The first-order chi connectivity index (χ1) is 9.72. The molecule has 0 spiro atoms. The highest BCUT2D eigenvalue weighted by Crippen LogP contribution is 2.29. The summed E-state index contributed by atoms with van der Waals surface area (Å²) < 4.78 is 6.57. The lowest BCUT2D eigenvalue weighted by Gasteiger charge is -2.14. The molecule has 0 bridgehead atoms. The maximum atomic E-state index is 12.0. The molecule has 0 aliphatic carbocycles. The van der Waals surface area contributed by atoms with Crippen LogP contribution >= 0.6 is 0 Å². The maximum absolute atomic E-state index is 12.0. The minimum atomic E-state index is -0.807.